The highest BCUT2D eigenvalue weighted by molar-refractivity contribution is 7.60. The van der Waals surface area contributed by atoms with Crippen LogP contribution in [0.1, 0.15) is 12.5 Å². The number of hydrogen-bond acceptors (Lipinski definition) is 20. The van der Waals surface area contributed by atoms with Crippen molar-refractivity contribution in [3.8, 4) is 0 Å². The molecule has 0 spiro atoms. The lowest BCUT2D eigenvalue weighted by Crippen LogP contribution is -2.38. The molecule has 6 rings (SSSR count). The van der Waals surface area contributed by atoms with Gasteiger partial charge in [0, 0.05) is 7.11 Å². The number of hydrogen-bond donors (Lipinski definition) is 9. The SMILES string of the molecule is CO[C@H]1C(OP(=O)(O)OC[C@H]2O[C@@H](n3cnc4c(=O)[nH]c(N)nc43)[C@@H](O)C2O)[C@@H](COP(=O)(O)OP(=O)(O)O)O[C@H]1n1cnc2c(N)ncnc21. The molecule has 6 heterocycles. The number of rotatable bonds is 13. The quantitative estimate of drug-likeness (QED) is 0.0626. The van der Waals surface area contributed by atoms with E-state index in [2.05, 4.69) is 38.7 Å². The molecule has 280 valence electrons. The van der Waals surface area contributed by atoms with Crippen LogP contribution in [0.3, 0.4) is 0 Å². The van der Waals surface area contributed by atoms with Crippen LogP contribution >= 0.6 is 23.5 Å². The molecule has 2 fully saturated rings. The first-order chi connectivity index (χ1) is 23.9. The zero-order valence-corrected chi connectivity index (χ0v) is 28.2. The Morgan fingerprint density at radius 3 is 2.16 bits per heavy atom. The van der Waals surface area contributed by atoms with Crippen molar-refractivity contribution >= 4 is 57.6 Å². The van der Waals surface area contributed by atoms with Crippen LogP contribution in [0.15, 0.2) is 23.8 Å². The van der Waals surface area contributed by atoms with Crippen LogP contribution in [0.4, 0.5) is 11.8 Å². The lowest BCUT2D eigenvalue weighted by atomic mass is 10.1. The summed E-state index contributed by atoms with van der Waals surface area (Å²) in [6.45, 7) is -1.93. The third kappa shape index (κ3) is 7.74. The molecule has 10 atom stereocenters. The Balaban J connectivity index is 1.21. The molecule has 51 heavy (non-hydrogen) atoms. The van der Waals surface area contributed by atoms with E-state index in [9.17, 15) is 38.5 Å². The second-order valence-electron chi connectivity index (χ2n) is 10.8. The summed E-state index contributed by atoms with van der Waals surface area (Å²) in [5.41, 5.74) is 10.8. The number of nitrogens with zero attached hydrogens (tertiary/aromatic N) is 7. The maximum Gasteiger partial charge on any atom is 0.481 e. The molecule has 4 unspecified atom stereocenters. The number of aromatic nitrogens is 8. The number of anilines is 2. The number of ether oxygens (including phenoxy) is 3. The van der Waals surface area contributed by atoms with Gasteiger partial charge in [-0.25, -0.2) is 33.6 Å². The summed E-state index contributed by atoms with van der Waals surface area (Å²) in [5.74, 6) is -0.284. The molecule has 27 nitrogen and oxygen atoms in total. The number of methoxy groups -OCH3 is 1. The van der Waals surface area contributed by atoms with Gasteiger partial charge in [-0.05, 0) is 0 Å². The maximum atomic E-state index is 13.3. The molecule has 0 aromatic carbocycles. The van der Waals surface area contributed by atoms with Crippen molar-refractivity contribution in [3.63, 3.8) is 0 Å². The molecule has 2 saturated heterocycles. The van der Waals surface area contributed by atoms with Gasteiger partial charge in [-0.3, -0.25) is 32.5 Å². The fraction of sp³-hybridized carbons (Fsp3) is 0.524. The van der Waals surface area contributed by atoms with Crippen molar-refractivity contribution < 1.29 is 75.6 Å². The molecule has 4 aromatic rings. The van der Waals surface area contributed by atoms with Crippen LogP contribution in [0.5, 0.6) is 0 Å². The fourth-order valence-electron chi connectivity index (χ4n) is 5.40. The summed E-state index contributed by atoms with van der Waals surface area (Å²) >= 11 is 0. The third-order valence-electron chi connectivity index (χ3n) is 7.55. The molecule has 2 aliphatic heterocycles. The summed E-state index contributed by atoms with van der Waals surface area (Å²) in [7, 11) is -15.1. The summed E-state index contributed by atoms with van der Waals surface area (Å²) in [6, 6.07) is 0. The first-order valence-corrected chi connectivity index (χ1v) is 18.7. The monoisotopic (exact) mass is 786 g/mol. The minimum atomic E-state index is -5.52. The van der Waals surface area contributed by atoms with Crippen LogP contribution in [0.25, 0.3) is 22.3 Å². The molecular weight excluding hydrogens is 757 g/mol. The van der Waals surface area contributed by atoms with Gasteiger partial charge in [0.15, 0.2) is 35.1 Å². The van der Waals surface area contributed by atoms with Gasteiger partial charge in [0.2, 0.25) is 5.95 Å². The number of phosphoric ester groups is 2. The Labute approximate surface area is 282 Å². The summed E-state index contributed by atoms with van der Waals surface area (Å²) in [4.78, 5) is 72.8. The second kappa shape index (κ2) is 13.9. The van der Waals surface area contributed by atoms with Gasteiger partial charge in [0.1, 0.15) is 48.5 Å². The standard InChI is InChI=1S/C21H29N10O17P3/c1-42-14-13(8(3-44-51(40,41)48-49(35,36)37)46-20(14)30-5-26-9-15(22)24-4-25-16(9)30)47-50(38,39)43-2-7-11(32)12(33)19(45-7)31-6-27-10-17(31)28-21(23)29-18(10)34/h4-8,11-14,19-20,32-33H,2-3H2,1H3,(H,38,39)(H,40,41)(H2,22,24,25)(H2,35,36,37)(H3,23,28,29,34)/t7-,8-,11?,12+,13?,14+,19-,20-/m1/s1. The number of aliphatic hydroxyl groups excluding tert-OH is 2. The number of fused-ring (bicyclic) bond motifs is 2. The minimum absolute atomic E-state index is 0.0126. The van der Waals surface area contributed by atoms with Crippen LogP contribution < -0.4 is 17.0 Å². The number of nitrogen functional groups attached to an aromatic ring is 2. The maximum absolute atomic E-state index is 13.3. The number of nitrogens with two attached hydrogens (primary N) is 2. The number of imidazole rings is 2. The first kappa shape index (κ1) is 37.4. The smallest absolute Gasteiger partial charge is 0.387 e. The zero-order chi connectivity index (χ0) is 37.0. The van der Waals surface area contributed by atoms with Crippen molar-refractivity contribution in [2.45, 2.75) is 49.1 Å². The molecule has 30 heteroatoms. The van der Waals surface area contributed by atoms with Crippen molar-refractivity contribution in [1.82, 2.24) is 39.0 Å². The third-order valence-corrected chi connectivity index (χ3v) is 10.7. The summed E-state index contributed by atoms with van der Waals surface area (Å²) < 4.78 is 75.0. The summed E-state index contributed by atoms with van der Waals surface area (Å²) in [5, 5.41) is 21.4. The number of phosphoric acid groups is 3. The van der Waals surface area contributed by atoms with Crippen LogP contribution in [0.2, 0.25) is 0 Å². The fourth-order valence-corrected chi connectivity index (χ4v) is 7.96. The molecule has 0 saturated carbocycles. The topological polar surface area (TPSA) is 396 Å². The summed E-state index contributed by atoms with van der Waals surface area (Å²) in [6.07, 6.45) is -8.95. The van der Waals surface area contributed by atoms with E-state index in [1.807, 2.05) is 0 Å². The molecular formula is C21H29N10O17P3. The Morgan fingerprint density at radius 1 is 0.843 bits per heavy atom. The second-order valence-corrected chi connectivity index (χ2v) is 15.1. The Hall–Kier alpha value is -3.33. The van der Waals surface area contributed by atoms with Gasteiger partial charge >= 0.3 is 23.5 Å². The predicted molar refractivity (Wildman–Crippen MR) is 162 cm³/mol. The van der Waals surface area contributed by atoms with Crippen molar-refractivity contribution in [3.05, 3.63) is 29.3 Å². The lowest BCUT2D eigenvalue weighted by Gasteiger charge is -2.26. The highest BCUT2D eigenvalue weighted by Gasteiger charge is 2.52. The van der Waals surface area contributed by atoms with Crippen molar-refractivity contribution in [2.75, 3.05) is 31.8 Å². The number of aromatic amines is 1. The van der Waals surface area contributed by atoms with Crippen molar-refractivity contribution in [1.29, 1.82) is 0 Å². The van der Waals surface area contributed by atoms with E-state index in [-0.39, 0.29) is 34.1 Å². The van der Waals surface area contributed by atoms with E-state index >= 15 is 0 Å². The van der Waals surface area contributed by atoms with E-state index in [1.165, 1.54) is 10.9 Å². The van der Waals surface area contributed by atoms with Gasteiger partial charge < -0.3 is 55.5 Å². The highest BCUT2D eigenvalue weighted by Crippen LogP contribution is 2.58. The van der Waals surface area contributed by atoms with Crippen LogP contribution in [-0.2, 0) is 45.8 Å². The molecule has 2 aliphatic rings. The Morgan fingerprint density at radius 2 is 1.47 bits per heavy atom. The molecule has 0 radical (unpaired) electrons. The number of nitrogens with one attached hydrogen (secondary N) is 1. The first-order valence-electron chi connectivity index (χ1n) is 14.1. The van der Waals surface area contributed by atoms with E-state index in [0.29, 0.717) is 0 Å². The van der Waals surface area contributed by atoms with Gasteiger partial charge in [0.25, 0.3) is 5.56 Å². The minimum Gasteiger partial charge on any atom is -0.387 e. The van der Waals surface area contributed by atoms with E-state index in [0.717, 1.165) is 24.3 Å². The van der Waals surface area contributed by atoms with E-state index in [4.69, 9.17) is 44.5 Å². The largest absolute Gasteiger partial charge is 0.481 e. The van der Waals surface area contributed by atoms with Crippen LogP contribution in [-0.4, -0.2) is 126 Å². The molecule has 0 bridgehead atoms. The van der Waals surface area contributed by atoms with Gasteiger partial charge in [-0.15, -0.1) is 0 Å². The number of H-pyrrole nitrogens is 1. The van der Waals surface area contributed by atoms with Crippen LogP contribution in [0, 0.1) is 0 Å². The van der Waals surface area contributed by atoms with Crippen molar-refractivity contribution in [2.24, 2.45) is 0 Å². The molecule has 0 amide bonds. The average Bonchev–Trinajstić information content (AvgIpc) is 3.79. The number of aliphatic hydroxyl groups is 2. The Kier molecular flexibility index (Phi) is 10.2. The van der Waals surface area contributed by atoms with Gasteiger partial charge in [-0.2, -0.15) is 9.29 Å². The zero-order valence-electron chi connectivity index (χ0n) is 25.6. The normalized spacial score (nSPS) is 29.5. The molecule has 4 aromatic heterocycles. The predicted octanol–water partition coefficient (Wildman–Crippen LogP) is -2.62. The van der Waals surface area contributed by atoms with Gasteiger partial charge in [-0.1, -0.05) is 0 Å². The average molecular weight is 786 g/mol. The Bertz CT molecular complexity index is 2130. The lowest BCUT2D eigenvalue weighted by molar-refractivity contribution is -0.0581. The van der Waals surface area contributed by atoms with E-state index in [1.54, 1.807) is 0 Å². The van der Waals surface area contributed by atoms with E-state index < -0.39 is 91.3 Å². The molecule has 11 N–H and O–H groups in total. The highest BCUT2D eigenvalue weighted by atomic mass is 31.3. The molecule has 0 aliphatic carbocycles. The van der Waals surface area contributed by atoms with Gasteiger partial charge in [0.05, 0.1) is 25.9 Å².